The summed E-state index contributed by atoms with van der Waals surface area (Å²) in [7, 11) is 0. The van der Waals surface area contributed by atoms with Crippen LogP contribution in [0.5, 0.6) is 0 Å². The second-order valence-electron chi connectivity index (χ2n) is 5.72. The normalized spacial score (nSPS) is 20.4. The van der Waals surface area contributed by atoms with Crippen molar-refractivity contribution in [3.8, 4) is 0 Å². The molecule has 2 unspecified atom stereocenters. The fraction of sp³-hybridized carbons (Fsp3) is 0.923. The SMILES string of the molecule is CC(CC(C)(NC1CC1)C(N)=O)OCCCC(F)(F)F. The van der Waals surface area contributed by atoms with Gasteiger partial charge in [0.2, 0.25) is 5.91 Å². The number of nitrogens with one attached hydrogen (secondary N) is 1. The Bertz CT molecular complexity index is 332. The first-order valence-corrected chi connectivity index (χ1v) is 6.88. The van der Waals surface area contributed by atoms with Gasteiger partial charge in [-0.2, -0.15) is 13.2 Å². The van der Waals surface area contributed by atoms with Gasteiger partial charge in [-0.05, 0) is 33.1 Å². The van der Waals surface area contributed by atoms with E-state index in [1.807, 2.05) is 0 Å². The molecule has 0 aromatic carbocycles. The topological polar surface area (TPSA) is 64.3 Å². The highest BCUT2D eigenvalue weighted by Gasteiger charge is 2.38. The van der Waals surface area contributed by atoms with Crippen LogP contribution in [0.2, 0.25) is 0 Å². The van der Waals surface area contributed by atoms with E-state index in [1.165, 1.54) is 0 Å². The number of nitrogens with two attached hydrogens (primary N) is 1. The molecule has 118 valence electrons. The number of amides is 1. The van der Waals surface area contributed by atoms with Gasteiger partial charge >= 0.3 is 6.18 Å². The van der Waals surface area contributed by atoms with Crippen molar-refractivity contribution in [1.29, 1.82) is 0 Å². The van der Waals surface area contributed by atoms with E-state index in [1.54, 1.807) is 13.8 Å². The molecule has 1 amide bonds. The van der Waals surface area contributed by atoms with Gasteiger partial charge in [0.05, 0.1) is 11.6 Å². The van der Waals surface area contributed by atoms with E-state index in [0.717, 1.165) is 12.8 Å². The monoisotopic (exact) mass is 296 g/mol. The van der Waals surface area contributed by atoms with Crippen molar-refractivity contribution in [3.05, 3.63) is 0 Å². The Kier molecular flexibility index (Phi) is 5.82. The van der Waals surface area contributed by atoms with Crippen molar-refractivity contribution in [2.45, 2.75) is 69.8 Å². The van der Waals surface area contributed by atoms with Crippen molar-refractivity contribution in [1.82, 2.24) is 5.32 Å². The van der Waals surface area contributed by atoms with Crippen LogP contribution < -0.4 is 11.1 Å². The number of carbonyl (C=O) groups is 1. The third-order valence-electron chi connectivity index (χ3n) is 3.35. The summed E-state index contributed by atoms with van der Waals surface area (Å²) in [5.41, 5.74) is 4.53. The lowest BCUT2D eigenvalue weighted by Gasteiger charge is -2.30. The molecule has 0 aromatic heterocycles. The Morgan fingerprint density at radius 3 is 2.50 bits per heavy atom. The summed E-state index contributed by atoms with van der Waals surface area (Å²) >= 11 is 0. The average molecular weight is 296 g/mol. The minimum Gasteiger partial charge on any atom is -0.378 e. The summed E-state index contributed by atoms with van der Waals surface area (Å²) in [6, 6.07) is 0.310. The van der Waals surface area contributed by atoms with Crippen molar-refractivity contribution in [2.75, 3.05) is 6.61 Å². The lowest BCUT2D eigenvalue weighted by molar-refractivity contribution is -0.139. The molecule has 2 atom stereocenters. The Balaban J connectivity index is 2.30. The highest BCUT2D eigenvalue weighted by Crippen LogP contribution is 2.25. The van der Waals surface area contributed by atoms with Crippen LogP contribution in [0.1, 0.15) is 46.0 Å². The first-order chi connectivity index (χ1) is 9.12. The molecule has 1 fully saturated rings. The van der Waals surface area contributed by atoms with Gasteiger partial charge in [-0.3, -0.25) is 4.79 Å². The molecule has 3 N–H and O–H groups in total. The zero-order valence-corrected chi connectivity index (χ0v) is 11.9. The van der Waals surface area contributed by atoms with Crippen molar-refractivity contribution in [3.63, 3.8) is 0 Å². The number of primary amides is 1. The zero-order valence-electron chi connectivity index (χ0n) is 11.9. The van der Waals surface area contributed by atoms with Gasteiger partial charge in [0.1, 0.15) is 0 Å². The van der Waals surface area contributed by atoms with Gasteiger partial charge in [0, 0.05) is 25.5 Å². The highest BCUT2D eigenvalue weighted by atomic mass is 19.4. The van der Waals surface area contributed by atoms with E-state index in [2.05, 4.69) is 5.32 Å². The first-order valence-electron chi connectivity index (χ1n) is 6.88. The number of hydrogen-bond acceptors (Lipinski definition) is 3. The Hall–Kier alpha value is -0.820. The Labute approximate surface area is 117 Å². The molecule has 20 heavy (non-hydrogen) atoms. The van der Waals surface area contributed by atoms with Crippen LogP contribution >= 0.6 is 0 Å². The molecule has 0 radical (unpaired) electrons. The van der Waals surface area contributed by atoms with E-state index >= 15 is 0 Å². The highest BCUT2D eigenvalue weighted by molar-refractivity contribution is 5.84. The quantitative estimate of drug-likeness (QED) is 0.641. The van der Waals surface area contributed by atoms with Crippen LogP contribution in [-0.2, 0) is 9.53 Å². The zero-order chi connectivity index (χ0) is 15.4. The Morgan fingerprint density at radius 1 is 1.45 bits per heavy atom. The third kappa shape index (κ3) is 6.56. The Morgan fingerprint density at radius 2 is 2.05 bits per heavy atom. The van der Waals surface area contributed by atoms with E-state index in [-0.39, 0.29) is 19.1 Å². The molecular formula is C13H23F3N2O2. The van der Waals surface area contributed by atoms with Crippen molar-refractivity contribution >= 4 is 5.91 Å². The molecule has 1 saturated carbocycles. The van der Waals surface area contributed by atoms with Crippen LogP contribution in [0.3, 0.4) is 0 Å². The second kappa shape index (κ2) is 6.76. The smallest absolute Gasteiger partial charge is 0.378 e. The number of alkyl halides is 3. The van der Waals surface area contributed by atoms with Crippen LogP contribution in [0, 0.1) is 0 Å². The molecule has 0 aromatic rings. The summed E-state index contributed by atoms with van der Waals surface area (Å²) in [6.45, 7) is 3.48. The van der Waals surface area contributed by atoms with Crippen LogP contribution in [0.4, 0.5) is 13.2 Å². The fourth-order valence-electron chi connectivity index (χ4n) is 2.10. The lowest BCUT2D eigenvalue weighted by atomic mass is 9.93. The van der Waals surface area contributed by atoms with Gasteiger partial charge in [-0.15, -0.1) is 0 Å². The summed E-state index contributed by atoms with van der Waals surface area (Å²) in [5, 5.41) is 3.18. The molecule has 0 spiro atoms. The van der Waals surface area contributed by atoms with Crippen LogP contribution in [0.25, 0.3) is 0 Å². The lowest BCUT2D eigenvalue weighted by Crippen LogP contribution is -2.55. The number of halogens is 3. The number of rotatable bonds is 9. The molecule has 7 heteroatoms. The average Bonchev–Trinajstić information content (AvgIpc) is 3.06. The summed E-state index contributed by atoms with van der Waals surface area (Å²) in [6.07, 6.45) is -3.02. The van der Waals surface area contributed by atoms with Crippen molar-refractivity contribution in [2.24, 2.45) is 5.73 Å². The molecule has 1 rings (SSSR count). The largest absolute Gasteiger partial charge is 0.389 e. The second-order valence-corrected chi connectivity index (χ2v) is 5.72. The maximum atomic E-state index is 12.0. The maximum Gasteiger partial charge on any atom is 0.389 e. The molecule has 0 heterocycles. The van der Waals surface area contributed by atoms with Crippen LogP contribution in [0.15, 0.2) is 0 Å². The van der Waals surface area contributed by atoms with Gasteiger partial charge in [0.15, 0.2) is 0 Å². The standard InChI is InChI=1S/C13H23F3N2O2/c1-9(20-7-3-6-13(14,15)16)8-12(2,11(17)19)18-10-4-5-10/h9-10,18H,3-8H2,1-2H3,(H2,17,19). The molecule has 1 aliphatic carbocycles. The minimum absolute atomic E-state index is 0.0267. The van der Waals surface area contributed by atoms with E-state index < -0.39 is 24.0 Å². The number of hydrogen-bond donors (Lipinski definition) is 2. The predicted molar refractivity (Wildman–Crippen MR) is 69.1 cm³/mol. The fourth-order valence-corrected chi connectivity index (χ4v) is 2.10. The molecule has 1 aliphatic rings. The molecule has 0 saturated heterocycles. The molecular weight excluding hydrogens is 273 g/mol. The summed E-state index contributed by atoms with van der Waals surface area (Å²) in [4.78, 5) is 11.5. The number of ether oxygens (including phenoxy) is 1. The number of carbonyl (C=O) groups excluding carboxylic acids is 1. The molecule has 0 aliphatic heterocycles. The first kappa shape index (κ1) is 17.2. The van der Waals surface area contributed by atoms with Gasteiger partial charge in [0.25, 0.3) is 0 Å². The van der Waals surface area contributed by atoms with Gasteiger partial charge in [-0.25, -0.2) is 0 Å². The van der Waals surface area contributed by atoms with E-state index in [0.29, 0.717) is 12.5 Å². The van der Waals surface area contributed by atoms with Crippen molar-refractivity contribution < 1.29 is 22.7 Å². The van der Waals surface area contributed by atoms with E-state index in [9.17, 15) is 18.0 Å². The molecule has 0 bridgehead atoms. The third-order valence-corrected chi connectivity index (χ3v) is 3.35. The van der Waals surface area contributed by atoms with Gasteiger partial charge < -0.3 is 15.8 Å². The summed E-state index contributed by atoms with van der Waals surface area (Å²) in [5.74, 6) is -0.463. The summed E-state index contributed by atoms with van der Waals surface area (Å²) < 4.78 is 41.3. The molecule has 4 nitrogen and oxygen atoms in total. The maximum absolute atomic E-state index is 12.0. The van der Waals surface area contributed by atoms with Gasteiger partial charge in [-0.1, -0.05) is 0 Å². The minimum atomic E-state index is -4.15. The van der Waals surface area contributed by atoms with E-state index in [4.69, 9.17) is 10.5 Å². The van der Waals surface area contributed by atoms with Crippen LogP contribution in [-0.4, -0.2) is 36.4 Å². The predicted octanol–water partition coefficient (Wildman–Crippen LogP) is 2.12.